The zero-order chi connectivity index (χ0) is 18.4. The molecule has 130 valence electrons. The molecule has 1 amide bonds. The fraction of sp³-hybridized carbons (Fsp3) is 0.333. The van der Waals surface area contributed by atoms with Crippen molar-refractivity contribution < 1.29 is 4.79 Å². The van der Waals surface area contributed by atoms with Gasteiger partial charge >= 0.3 is 0 Å². The summed E-state index contributed by atoms with van der Waals surface area (Å²) in [6, 6.07) is 9.57. The molecule has 0 radical (unpaired) electrons. The molecule has 2 rings (SSSR count). The van der Waals surface area contributed by atoms with Crippen LogP contribution in [0.4, 0.5) is 5.69 Å². The Morgan fingerprint density at radius 1 is 1.36 bits per heavy atom. The third kappa shape index (κ3) is 4.94. The Morgan fingerprint density at radius 2 is 2.04 bits per heavy atom. The van der Waals surface area contributed by atoms with E-state index in [1.54, 1.807) is 0 Å². The molecular weight excluding hydrogens is 336 g/mol. The van der Waals surface area contributed by atoms with E-state index >= 15 is 0 Å². The van der Waals surface area contributed by atoms with Crippen molar-refractivity contribution in [2.45, 2.75) is 38.3 Å². The maximum Gasteiger partial charge on any atom is 0.269 e. The number of H-pyrrole nitrogens is 1. The standard InChI is InChI=1S/C18H20N4O2S/c1-4-15-14(9-19)17(24)22-18(21-15)25-10-16(23)20-13-7-5-12(6-8-13)11(2)3/h5-8,11H,4,10H2,1-3H3,(H,20,23)(H,21,22,24). The lowest BCUT2D eigenvalue weighted by Gasteiger charge is -2.08. The first-order valence-electron chi connectivity index (χ1n) is 8.00. The molecule has 0 aliphatic heterocycles. The van der Waals surface area contributed by atoms with Gasteiger partial charge in [0.25, 0.3) is 5.56 Å². The van der Waals surface area contributed by atoms with Crippen molar-refractivity contribution in [1.82, 2.24) is 9.97 Å². The number of thioether (sulfide) groups is 1. The Labute approximate surface area is 150 Å². The van der Waals surface area contributed by atoms with E-state index in [0.717, 1.165) is 17.4 Å². The number of nitriles is 1. The molecule has 25 heavy (non-hydrogen) atoms. The average molecular weight is 356 g/mol. The molecule has 2 N–H and O–H groups in total. The Bertz CT molecular complexity index is 851. The number of aromatic nitrogens is 2. The van der Waals surface area contributed by atoms with Crippen molar-refractivity contribution in [3.63, 3.8) is 0 Å². The van der Waals surface area contributed by atoms with Gasteiger partial charge in [0.15, 0.2) is 5.16 Å². The van der Waals surface area contributed by atoms with Gasteiger partial charge < -0.3 is 10.3 Å². The van der Waals surface area contributed by atoms with Crippen LogP contribution in [0, 0.1) is 11.3 Å². The molecule has 1 heterocycles. The first-order valence-corrected chi connectivity index (χ1v) is 8.99. The number of carbonyl (C=O) groups is 1. The third-order valence-electron chi connectivity index (χ3n) is 3.62. The Morgan fingerprint density at radius 3 is 2.60 bits per heavy atom. The molecule has 0 saturated carbocycles. The van der Waals surface area contributed by atoms with E-state index in [4.69, 9.17) is 5.26 Å². The molecule has 0 saturated heterocycles. The van der Waals surface area contributed by atoms with E-state index in [1.165, 1.54) is 5.56 Å². The third-order valence-corrected chi connectivity index (χ3v) is 4.49. The number of aromatic amines is 1. The highest BCUT2D eigenvalue weighted by molar-refractivity contribution is 7.99. The molecule has 2 aromatic rings. The summed E-state index contributed by atoms with van der Waals surface area (Å²) in [6.07, 6.45) is 0.481. The monoisotopic (exact) mass is 356 g/mol. The summed E-state index contributed by atoms with van der Waals surface area (Å²) in [4.78, 5) is 30.7. The predicted octanol–water partition coefficient (Wildman–Crippen LogP) is 3.06. The van der Waals surface area contributed by atoms with Crippen molar-refractivity contribution >= 4 is 23.4 Å². The predicted molar refractivity (Wildman–Crippen MR) is 98.8 cm³/mol. The normalized spacial score (nSPS) is 10.5. The molecule has 0 spiro atoms. The molecular formula is C18H20N4O2S. The number of hydrogen-bond donors (Lipinski definition) is 2. The first-order chi connectivity index (χ1) is 11.9. The molecule has 0 bridgehead atoms. The van der Waals surface area contributed by atoms with E-state index in [-0.39, 0.29) is 17.2 Å². The number of rotatable bonds is 6. The quantitative estimate of drug-likeness (QED) is 0.612. The zero-order valence-corrected chi connectivity index (χ0v) is 15.2. The second kappa shape index (κ2) is 8.49. The van der Waals surface area contributed by atoms with E-state index in [1.807, 2.05) is 37.3 Å². The van der Waals surface area contributed by atoms with Crippen LogP contribution in [0.1, 0.15) is 43.5 Å². The van der Waals surface area contributed by atoms with E-state index in [9.17, 15) is 9.59 Å². The lowest BCUT2D eigenvalue weighted by molar-refractivity contribution is -0.113. The van der Waals surface area contributed by atoms with Crippen molar-refractivity contribution in [1.29, 1.82) is 5.26 Å². The second-order valence-corrected chi connectivity index (χ2v) is 6.74. The number of benzene rings is 1. The lowest BCUT2D eigenvalue weighted by atomic mass is 10.0. The molecule has 6 nitrogen and oxygen atoms in total. The molecule has 0 aliphatic rings. The van der Waals surface area contributed by atoms with Gasteiger partial charge in [-0.3, -0.25) is 9.59 Å². The minimum absolute atomic E-state index is 0.0292. The number of carbonyl (C=O) groups excluding carboxylic acids is 1. The summed E-state index contributed by atoms with van der Waals surface area (Å²) in [7, 11) is 0. The fourth-order valence-corrected chi connectivity index (χ4v) is 2.90. The van der Waals surface area contributed by atoms with Crippen LogP contribution in [-0.4, -0.2) is 21.6 Å². The van der Waals surface area contributed by atoms with Gasteiger partial charge in [-0.15, -0.1) is 0 Å². The van der Waals surface area contributed by atoms with Crippen molar-refractivity contribution in [3.8, 4) is 6.07 Å². The summed E-state index contributed by atoms with van der Waals surface area (Å²) < 4.78 is 0. The SMILES string of the molecule is CCc1nc(SCC(=O)Nc2ccc(C(C)C)cc2)[nH]c(=O)c1C#N. The van der Waals surface area contributed by atoms with Crippen LogP contribution in [0.2, 0.25) is 0 Å². The smallest absolute Gasteiger partial charge is 0.269 e. The molecule has 0 atom stereocenters. The summed E-state index contributed by atoms with van der Waals surface area (Å²) in [5.74, 6) is 0.365. The lowest BCUT2D eigenvalue weighted by Crippen LogP contribution is -2.18. The van der Waals surface area contributed by atoms with Gasteiger partial charge in [0.2, 0.25) is 5.91 Å². The molecule has 1 aromatic heterocycles. The van der Waals surface area contributed by atoms with Gasteiger partial charge in [-0.1, -0.05) is 44.7 Å². The number of nitrogens with zero attached hydrogens (tertiary/aromatic N) is 2. The van der Waals surface area contributed by atoms with Crippen LogP contribution < -0.4 is 10.9 Å². The zero-order valence-electron chi connectivity index (χ0n) is 14.4. The fourth-order valence-electron chi connectivity index (χ4n) is 2.22. The maximum absolute atomic E-state index is 12.1. The summed E-state index contributed by atoms with van der Waals surface area (Å²) in [6.45, 7) is 6.05. The summed E-state index contributed by atoms with van der Waals surface area (Å²) in [5, 5.41) is 12.1. The van der Waals surface area contributed by atoms with Crippen LogP contribution in [-0.2, 0) is 11.2 Å². The van der Waals surface area contributed by atoms with Gasteiger partial charge in [0.05, 0.1) is 11.4 Å². The minimum atomic E-state index is -0.471. The van der Waals surface area contributed by atoms with Crippen LogP contribution in [0.5, 0.6) is 0 Å². The van der Waals surface area contributed by atoms with Gasteiger partial charge in [0.1, 0.15) is 11.6 Å². The van der Waals surface area contributed by atoms with Crippen molar-refractivity contribution in [2.24, 2.45) is 0 Å². The van der Waals surface area contributed by atoms with Crippen molar-refractivity contribution in [2.75, 3.05) is 11.1 Å². The number of anilines is 1. The van der Waals surface area contributed by atoms with Gasteiger partial charge in [-0.25, -0.2) is 4.98 Å². The highest BCUT2D eigenvalue weighted by Gasteiger charge is 2.11. The minimum Gasteiger partial charge on any atom is -0.325 e. The van der Waals surface area contributed by atoms with Crippen LogP contribution in [0.3, 0.4) is 0 Å². The van der Waals surface area contributed by atoms with Crippen LogP contribution in [0.25, 0.3) is 0 Å². The first kappa shape index (κ1) is 18.7. The summed E-state index contributed by atoms with van der Waals surface area (Å²) in [5.41, 5.74) is 1.94. The van der Waals surface area contributed by atoms with E-state index in [0.29, 0.717) is 23.2 Å². The highest BCUT2D eigenvalue weighted by atomic mass is 32.2. The summed E-state index contributed by atoms with van der Waals surface area (Å²) >= 11 is 1.13. The van der Waals surface area contributed by atoms with Crippen molar-refractivity contribution in [3.05, 3.63) is 51.4 Å². The molecule has 0 unspecified atom stereocenters. The van der Waals surface area contributed by atoms with Gasteiger partial charge in [0, 0.05) is 5.69 Å². The number of hydrogen-bond acceptors (Lipinski definition) is 5. The molecule has 0 aliphatic carbocycles. The molecule has 0 fully saturated rings. The highest BCUT2D eigenvalue weighted by Crippen LogP contribution is 2.18. The largest absolute Gasteiger partial charge is 0.325 e. The van der Waals surface area contributed by atoms with E-state index in [2.05, 4.69) is 29.1 Å². The molecule has 1 aromatic carbocycles. The van der Waals surface area contributed by atoms with Gasteiger partial charge in [-0.2, -0.15) is 5.26 Å². The Balaban J connectivity index is 1.99. The average Bonchev–Trinajstić information content (AvgIpc) is 2.59. The number of aryl methyl sites for hydroxylation is 1. The van der Waals surface area contributed by atoms with Crippen LogP contribution >= 0.6 is 11.8 Å². The Kier molecular flexibility index (Phi) is 6.37. The number of nitrogens with one attached hydrogen (secondary N) is 2. The molecule has 7 heteroatoms. The Hall–Kier alpha value is -2.59. The topological polar surface area (TPSA) is 98.6 Å². The maximum atomic E-state index is 12.1. The second-order valence-electron chi connectivity index (χ2n) is 5.77. The van der Waals surface area contributed by atoms with E-state index < -0.39 is 5.56 Å². The number of amides is 1. The van der Waals surface area contributed by atoms with Crippen LogP contribution in [0.15, 0.2) is 34.2 Å². The van der Waals surface area contributed by atoms with Gasteiger partial charge in [-0.05, 0) is 30.0 Å².